The number of methoxy groups -OCH3 is 2. The van der Waals surface area contributed by atoms with Crippen molar-refractivity contribution in [3.63, 3.8) is 0 Å². The van der Waals surface area contributed by atoms with Crippen molar-refractivity contribution < 1.29 is 18.6 Å². The highest BCUT2D eigenvalue weighted by molar-refractivity contribution is 5.92. The number of aromatic nitrogens is 3. The van der Waals surface area contributed by atoms with Crippen molar-refractivity contribution in [2.75, 3.05) is 20.8 Å². The molecule has 0 atom stereocenters. The molecule has 0 saturated carbocycles. The third-order valence-electron chi connectivity index (χ3n) is 6.18. The van der Waals surface area contributed by atoms with Crippen molar-refractivity contribution in [3.05, 3.63) is 81.2 Å². The van der Waals surface area contributed by atoms with Gasteiger partial charge in [0.1, 0.15) is 5.75 Å². The van der Waals surface area contributed by atoms with Crippen LogP contribution in [-0.4, -0.2) is 34.5 Å². The van der Waals surface area contributed by atoms with Crippen LogP contribution in [0.3, 0.4) is 0 Å². The van der Waals surface area contributed by atoms with E-state index in [4.69, 9.17) is 18.6 Å². The molecule has 0 aliphatic heterocycles. The van der Waals surface area contributed by atoms with E-state index in [-0.39, 0.29) is 12.2 Å². The summed E-state index contributed by atoms with van der Waals surface area (Å²) in [5, 5.41) is 0. The van der Waals surface area contributed by atoms with Crippen LogP contribution in [0, 0.1) is 0 Å². The van der Waals surface area contributed by atoms with E-state index in [9.17, 15) is 9.59 Å². The lowest BCUT2D eigenvalue weighted by atomic mass is 10.2. The third-order valence-corrected chi connectivity index (χ3v) is 6.18. The summed E-state index contributed by atoms with van der Waals surface area (Å²) in [6.07, 6.45) is 0.876. The average molecular weight is 490 g/mol. The fourth-order valence-corrected chi connectivity index (χ4v) is 4.37. The second-order valence-electron chi connectivity index (χ2n) is 8.47. The van der Waals surface area contributed by atoms with E-state index in [1.54, 1.807) is 42.5 Å². The van der Waals surface area contributed by atoms with Crippen LogP contribution < -0.4 is 25.7 Å². The summed E-state index contributed by atoms with van der Waals surface area (Å²) >= 11 is 0. The lowest BCUT2D eigenvalue weighted by Gasteiger charge is -2.10. The van der Waals surface area contributed by atoms with Crippen molar-refractivity contribution in [2.24, 2.45) is 7.05 Å². The van der Waals surface area contributed by atoms with Crippen molar-refractivity contribution in [1.29, 1.82) is 0 Å². The van der Waals surface area contributed by atoms with Crippen molar-refractivity contribution in [3.8, 4) is 22.9 Å². The molecule has 0 radical (unpaired) electrons. The van der Waals surface area contributed by atoms with Gasteiger partial charge in [-0.3, -0.25) is 13.7 Å². The number of oxazole rings is 1. The summed E-state index contributed by atoms with van der Waals surface area (Å²) < 4.78 is 26.7. The number of aryl methyl sites for hydroxylation is 1. The maximum Gasteiger partial charge on any atom is 0.419 e. The molecule has 5 rings (SSSR count). The van der Waals surface area contributed by atoms with Crippen molar-refractivity contribution in [1.82, 2.24) is 13.7 Å². The molecule has 0 bridgehead atoms. The first-order chi connectivity index (χ1) is 17.4. The normalized spacial score (nSPS) is 11.3. The van der Waals surface area contributed by atoms with Gasteiger partial charge in [-0.25, -0.2) is 9.59 Å². The third kappa shape index (κ3) is 3.92. The monoisotopic (exact) mass is 489 g/mol. The highest BCUT2D eigenvalue weighted by Gasteiger charge is 2.19. The van der Waals surface area contributed by atoms with E-state index in [0.717, 1.165) is 12.0 Å². The van der Waals surface area contributed by atoms with Crippen LogP contribution in [0.1, 0.15) is 18.9 Å². The van der Waals surface area contributed by atoms with E-state index in [2.05, 4.69) is 0 Å². The number of nitrogens with zero attached hydrogens (tertiary/aromatic N) is 3. The molecule has 9 nitrogen and oxygen atoms in total. The smallest absolute Gasteiger partial charge is 0.419 e. The van der Waals surface area contributed by atoms with Crippen LogP contribution in [0.25, 0.3) is 27.8 Å². The number of benzene rings is 3. The number of fused-ring (bicyclic) bond motifs is 2. The first-order valence-electron chi connectivity index (χ1n) is 11.6. The first kappa shape index (κ1) is 23.3. The van der Waals surface area contributed by atoms with Gasteiger partial charge in [0.2, 0.25) is 0 Å². The maximum atomic E-state index is 13.9. The molecule has 0 spiro atoms. The Morgan fingerprint density at radius 3 is 2.44 bits per heavy atom. The van der Waals surface area contributed by atoms with Gasteiger partial charge in [-0.1, -0.05) is 19.1 Å². The Labute approximate surface area is 206 Å². The Kier molecular flexibility index (Phi) is 6.05. The predicted octanol–water partition coefficient (Wildman–Crippen LogP) is 4.09. The maximum absolute atomic E-state index is 13.9. The molecular formula is C27H27N3O6. The second kappa shape index (κ2) is 9.33. The Morgan fingerprint density at radius 1 is 0.889 bits per heavy atom. The van der Waals surface area contributed by atoms with Gasteiger partial charge in [0.25, 0.3) is 0 Å². The van der Waals surface area contributed by atoms with Gasteiger partial charge in [0, 0.05) is 19.2 Å². The molecule has 3 aromatic carbocycles. The SMILES string of the molecule is CCCOc1cccc(-n2c(=O)n(Cc3ccc(OC)c(OC)c3)c3cc4oc(=O)n(C)c4cc32)c1. The van der Waals surface area contributed by atoms with Crippen molar-refractivity contribution >= 4 is 22.1 Å². The molecule has 2 heterocycles. The van der Waals surface area contributed by atoms with Crippen LogP contribution in [0.5, 0.6) is 17.2 Å². The molecule has 0 saturated heterocycles. The number of hydrogen-bond acceptors (Lipinski definition) is 6. The summed E-state index contributed by atoms with van der Waals surface area (Å²) in [6, 6.07) is 16.5. The number of ether oxygens (including phenoxy) is 3. The second-order valence-corrected chi connectivity index (χ2v) is 8.47. The largest absolute Gasteiger partial charge is 0.494 e. The van der Waals surface area contributed by atoms with E-state index in [1.807, 2.05) is 49.4 Å². The summed E-state index contributed by atoms with van der Waals surface area (Å²) in [7, 11) is 4.79. The molecule has 0 fully saturated rings. The molecule has 0 aliphatic carbocycles. The lowest BCUT2D eigenvalue weighted by molar-refractivity contribution is 0.317. The minimum absolute atomic E-state index is 0.231. The molecular weight excluding hydrogens is 462 g/mol. The molecule has 2 aromatic heterocycles. The minimum atomic E-state index is -0.465. The Hall–Kier alpha value is -4.40. The topological polar surface area (TPSA) is 89.8 Å². The van der Waals surface area contributed by atoms with Gasteiger partial charge < -0.3 is 18.6 Å². The predicted molar refractivity (Wildman–Crippen MR) is 137 cm³/mol. The zero-order chi connectivity index (χ0) is 25.4. The zero-order valence-corrected chi connectivity index (χ0v) is 20.6. The molecule has 9 heteroatoms. The quantitative estimate of drug-likeness (QED) is 0.326. The van der Waals surface area contributed by atoms with Gasteiger partial charge in [-0.15, -0.1) is 0 Å². The fraction of sp³-hybridized carbons (Fsp3) is 0.259. The van der Waals surface area contributed by atoms with Crippen LogP contribution in [-0.2, 0) is 13.6 Å². The molecule has 0 N–H and O–H groups in total. The summed E-state index contributed by atoms with van der Waals surface area (Å²) in [6.45, 7) is 2.89. The Bertz CT molecular complexity index is 1690. The standard InChI is InChI=1S/C27H27N3O6/c1-5-11-35-19-8-6-7-18(13-19)30-21-14-22-24(36-27(32)28(22)2)15-20(21)29(26(30)31)16-17-9-10-23(33-3)25(12-17)34-4/h6-10,12-15H,5,11,16H2,1-4H3. The van der Waals surface area contributed by atoms with Crippen LogP contribution in [0.15, 0.2) is 68.6 Å². The Balaban J connectivity index is 1.74. The van der Waals surface area contributed by atoms with Crippen LogP contribution in [0.4, 0.5) is 0 Å². The molecule has 36 heavy (non-hydrogen) atoms. The number of rotatable bonds is 8. The summed E-state index contributed by atoms with van der Waals surface area (Å²) in [4.78, 5) is 26.1. The van der Waals surface area contributed by atoms with Gasteiger partial charge in [-0.05, 0) is 42.3 Å². The molecule has 0 unspecified atom stereocenters. The summed E-state index contributed by atoms with van der Waals surface area (Å²) in [5.74, 6) is 1.39. The molecule has 5 aromatic rings. The highest BCUT2D eigenvalue weighted by atomic mass is 16.5. The van der Waals surface area contributed by atoms with E-state index >= 15 is 0 Å². The fourth-order valence-electron chi connectivity index (χ4n) is 4.37. The van der Waals surface area contributed by atoms with Crippen LogP contribution >= 0.6 is 0 Å². The number of imidazole rings is 1. The lowest BCUT2D eigenvalue weighted by Crippen LogP contribution is -2.23. The zero-order valence-electron chi connectivity index (χ0n) is 20.6. The van der Waals surface area contributed by atoms with Gasteiger partial charge in [-0.2, -0.15) is 0 Å². The van der Waals surface area contributed by atoms with E-state index in [1.165, 1.54) is 4.57 Å². The molecule has 0 amide bonds. The van der Waals surface area contributed by atoms with E-state index < -0.39 is 5.76 Å². The Morgan fingerprint density at radius 2 is 1.69 bits per heavy atom. The van der Waals surface area contributed by atoms with Gasteiger partial charge in [0.05, 0.1) is 49.6 Å². The van der Waals surface area contributed by atoms with Crippen LogP contribution in [0.2, 0.25) is 0 Å². The average Bonchev–Trinajstić information content (AvgIpc) is 3.32. The number of hydrogen-bond donors (Lipinski definition) is 0. The first-order valence-corrected chi connectivity index (χ1v) is 11.6. The van der Waals surface area contributed by atoms with Crippen molar-refractivity contribution in [2.45, 2.75) is 19.9 Å². The van der Waals surface area contributed by atoms with E-state index in [0.29, 0.717) is 51.7 Å². The summed E-state index contributed by atoms with van der Waals surface area (Å²) in [5.41, 5.74) is 3.58. The molecule has 186 valence electrons. The molecule has 0 aliphatic rings. The van der Waals surface area contributed by atoms with Gasteiger partial charge in [0.15, 0.2) is 17.1 Å². The minimum Gasteiger partial charge on any atom is -0.494 e. The van der Waals surface area contributed by atoms with Gasteiger partial charge >= 0.3 is 11.4 Å². The highest BCUT2D eigenvalue weighted by Crippen LogP contribution is 2.29.